The molecule has 0 amide bonds. The van der Waals surface area contributed by atoms with Gasteiger partial charge in [0.05, 0.1) is 6.26 Å². The molecule has 2 saturated carbocycles. The van der Waals surface area contributed by atoms with Gasteiger partial charge >= 0.3 is 0 Å². The minimum absolute atomic E-state index is 0.164. The SMILES string of the molecule is C[C@@]12CCCC[C@@H]1CC(=O)/C(=C/O)C2. The van der Waals surface area contributed by atoms with E-state index in [0.29, 0.717) is 17.9 Å². The molecule has 14 heavy (non-hydrogen) atoms. The summed E-state index contributed by atoms with van der Waals surface area (Å²) < 4.78 is 0. The van der Waals surface area contributed by atoms with Crippen molar-refractivity contribution >= 4 is 5.78 Å². The summed E-state index contributed by atoms with van der Waals surface area (Å²) in [5, 5.41) is 8.98. The maximum Gasteiger partial charge on any atom is 0.162 e. The first kappa shape index (κ1) is 9.75. The number of allylic oxidation sites excluding steroid dienone is 1. The van der Waals surface area contributed by atoms with E-state index in [1.807, 2.05) is 0 Å². The van der Waals surface area contributed by atoms with Gasteiger partial charge in [0.15, 0.2) is 5.78 Å². The Morgan fingerprint density at radius 1 is 1.50 bits per heavy atom. The zero-order valence-electron chi connectivity index (χ0n) is 8.75. The van der Waals surface area contributed by atoms with Crippen LogP contribution in [0.15, 0.2) is 11.8 Å². The third-order valence-electron chi connectivity index (χ3n) is 4.08. The fraction of sp³-hybridized carbons (Fsp3) is 0.750. The minimum atomic E-state index is 0.164. The van der Waals surface area contributed by atoms with Crippen molar-refractivity contribution in [2.24, 2.45) is 11.3 Å². The minimum Gasteiger partial charge on any atom is -0.515 e. The van der Waals surface area contributed by atoms with Gasteiger partial charge in [-0.15, -0.1) is 0 Å². The van der Waals surface area contributed by atoms with Gasteiger partial charge in [-0.3, -0.25) is 4.79 Å². The summed E-state index contributed by atoms with van der Waals surface area (Å²) >= 11 is 0. The Morgan fingerprint density at radius 2 is 2.29 bits per heavy atom. The molecule has 1 N–H and O–H groups in total. The van der Waals surface area contributed by atoms with Crippen molar-refractivity contribution in [3.8, 4) is 0 Å². The molecule has 0 aromatic heterocycles. The average molecular weight is 194 g/mol. The number of carbonyl (C=O) groups is 1. The molecule has 0 spiro atoms. The zero-order valence-corrected chi connectivity index (χ0v) is 8.75. The van der Waals surface area contributed by atoms with Crippen LogP contribution in [0.3, 0.4) is 0 Å². The monoisotopic (exact) mass is 194 g/mol. The molecule has 2 aliphatic carbocycles. The summed E-state index contributed by atoms with van der Waals surface area (Å²) in [5.74, 6) is 0.726. The van der Waals surface area contributed by atoms with Gasteiger partial charge < -0.3 is 5.11 Å². The smallest absolute Gasteiger partial charge is 0.162 e. The molecule has 2 nitrogen and oxygen atoms in total. The predicted octanol–water partition coefficient (Wildman–Crippen LogP) is 2.99. The summed E-state index contributed by atoms with van der Waals surface area (Å²) in [5.41, 5.74) is 0.923. The molecular formula is C12H18O2. The molecule has 2 atom stereocenters. The Morgan fingerprint density at radius 3 is 3.00 bits per heavy atom. The van der Waals surface area contributed by atoms with E-state index in [1.165, 1.54) is 25.7 Å². The highest BCUT2D eigenvalue weighted by Crippen LogP contribution is 2.50. The highest BCUT2D eigenvalue weighted by Gasteiger charge is 2.42. The fourth-order valence-corrected chi connectivity index (χ4v) is 3.06. The number of fused-ring (bicyclic) bond motifs is 1. The molecule has 0 aromatic carbocycles. The van der Waals surface area contributed by atoms with E-state index in [1.54, 1.807) is 0 Å². The quantitative estimate of drug-likeness (QED) is 0.475. The van der Waals surface area contributed by atoms with Crippen LogP contribution in [-0.2, 0) is 4.79 Å². The molecule has 2 fully saturated rings. The van der Waals surface area contributed by atoms with Gasteiger partial charge in [0.2, 0.25) is 0 Å². The molecule has 0 unspecified atom stereocenters. The number of ketones is 1. The van der Waals surface area contributed by atoms with Gasteiger partial charge in [-0.2, -0.15) is 0 Å². The van der Waals surface area contributed by atoms with Gasteiger partial charge in [-0.25, -0.2) is 0 Å². The molecule has 0 saturated heterocycles. The van der Waals surface area contributed by atoms with E-state index in [4.69, 9.17) is 5.11 Å². The third-order valence-corrected chi connectivity index (χ3v) is 4.08. The largest absolute Gasteiger partial charge is 0.515 e. The molecule has 0 heterocycles. The number of carbonyl (C=O) groups excluding carboxylic acids is 1. The van der Waals surface area contributed by atoms with Crippen LogP contribution in [-0.4, -0.2) is 10.9 Å². The highest BCUT2D eigenvalue weighted by atomic mass is 16.2. The Kier molecular flexibility index (Phi) is 2.38. The van der Waals surface area contributed by atoms with E-state index in [9.17, 15) is 4.79 Å². The third kappa shape index (κ3) is 1.47. The van der Waals surface area contributed by atoms with E-state index in [2.05, 4.69) is 6.92 Å². The van der Waals surface area contributed by atoms with Crippen molar-refractivity contribution in [3.05, 3.63) is 11.8 Å². The van der Waals surface area contributed by atoms with E-state index in [-0.39, 0.29) is 11.2 Å². The van der Waals surface area contributed by atoms with Crippen LogP contribution in [0.5, 0.6) is 0 Å². The second kappa shape index (κ2) is 3.41. The zero-order chi connectivity index (χ0) is 10.2. The topological polar surface area (TPSA) is 37.3 Å². The lowest BCUT2D eigenvalue weighted by Crippen LogP contribution is -2.38. The lowest BCUT2D eigenvalue weighted by Gasteiger charge is -2.45. The summed E-state index contributed by atoms with van der Waals surface area (Å²) in [4.78, 5) is 11.6. The molecule has 0 radical (unpaired) electrons. The van der Waals surface area contributed by atoms with Crippen molar-refractivity contribution in [3.63, 3.8) is 0 Å². The lowest BCUT2D eigenvalue weighted by molar-refractivity contribution is -0.121. The van der Waals surface area contributed by atoms with Crippen LogP contribution in [0.4, 0.5) is 0 Å². The Hall–Kier alpha value is -0.790. The van der Waals surface area contributed by atoms with Crippen LogP contribution in [0.2, 0.25) is 0 Å². The molecule has 78 valence electrons. The van der Waals surface area contributed by atoms with Crippen LogP contribution >= 0.6 is 0 Å². The standard InChI is InChI=1S/C12H18O2/c1-12-5-3-2-4-10(12)6-11(14)9(7-12)8-13/h8,10,13H,2-7H2,1H3/b9-8+/t10-,12+/m1/s1. The van der Waals surface area contributed by atoms with E-state index >= 15 is 0 Å². The van der Waals surface area contributed by atoms with Crippen molar-refractivity contribution in [1.29, 1.82) is 0 Å². The van der Waals surface area contributed by atoms with Crippen LogP contribution in [0.1, 0.15) is 45.4 Å². The van der Waals surface area contributed by atoms with Gasteiger partial charge in [0.25, 0.3) is 0 Å². The van der Waals surface area contributed by atoms with E-state index < -0.39 is 0 Å². The van der Waals surface area contributed by atoms with Crippen LogP contribution < -0.4 is 0 Å². The van der Waals surface area contributed by atoms with Crippen molar-refractivity contribution in [1.82, 2.24) is 0 Å². The maximum atomic E-state index is 11.6. The first-order chi connectivity index (χ1) is 6.65. The van der Waals surface area contributed by atoms with E-state index in [0.717, 1.165) is 12.7 Å². The van der Waals surface area contributed by atoms with Crippen molar-refractivity contribution in [2.75, 3.05) is 0 Å². The van der Waals surface area contributed by atoms with Crippen molar-refractivity contribution in [2.45, 2.75) is 45.4 Å². The molecule has 2 heteroatoms. The molecule has 0 aromatic rings. The summed E-state index contributed by atoms with van der Waals surface area (Å²) in [7, 11) is 0. The first-order valence-electron chi connectivity index (χ1n) is 5.52. The Balaban J connectivity index is 2.21. The summed E-state index contributed by atoms with van der Waals surface area (Å²) in [6, 6.07) is 0. The van der Waals surface area contributed by atoms with Crippen LogP contribution in [0, 0.1) is 11.3 Å². The average Bonchev–Trinajstić information content (AvgIpc) is 2.18. The second-order valence-corrected chi connectivity index (χ2v) is 5.06. The molecule has 0 bridgehead atoms. The number of hydrogen-bond acceptors (Lipinski definition) is 2. The number of Topliss-reactive ketones (excluding diaryl/α,β-unsaturated/α-hetero) is 1. The fourth-order valence-electron chi connectivity index (χ4n) is 3.06. The van der Waals surface area contributed by atoms with Gasteiger partial charge in [0, 0.05) is 12.0 Å². The summed E-state index contributed by atoms with van der Waals surface area (Å²) in [6.07, 6.45) is 7.42. The normalized spacial score (nSPS) is 41.1. The second-order valence-electron chi connectivity index (χ2n) is 5.06. The number of aliphatic hydroxyl groups excluding tert-OH is 1. The van der Waals surface area contributed by atoms with Crippen molar-refractivity contribution < 1.29 is 9.90 Å². The van der Waals surface area contributed by atoms with Crippen LogP contribution in [0.25, 0.3) is 0 Å². The van der Waals surface area contributed by atoms with Gasteiger partial charge in [-0.05, 0) is 30.6 Å². The maximum absolute atomic E-state index is 11.6. The predicted molar refractivity (Wildman–Crippen MR) is 55.0 cm³/mol. The van der Waals surface area contributed by atoms with Gasteiger partial charge in [0.1, 0.15) is 0 Å². The Labute approximate surface area is 85.0 Å². The number of hydrogen-bond donors (Lipinski definition) is 1. The van der Waals surface area contributed by atoms with Gasteiger partial charge in [-0.1, -0.05) is 19.8 Å². The number of aliphatic hydroxyl groups is 1. The summed E-state index contributed by atoms with van der Waals surface area (Å²) in [6.45, 7) is 2.27. The molecule has 0 aliphatic heterocycles. The molecule has 2 aliphatic rings. The Bertz CT molecular complexity index is 280. The number of rotatable bonds is 0. The molecular weight excluding hydrogens is 176 g/mol. The lowest BCUT2D eigenvalue weighted by atomic mass is 9.59. The highest BCUT2D eigenvalue weighted by molar-refractivity contribution is 5.96. The molecule has 2 rings (SSSR count). The first-order valence-corrected chi connectivity index (χ1v) is 5.52.